The topological polar surface area (TPSA) is 68.0 Å². The van der Waals surface area contributed by atoms with Crippen molar-refractivity contribution in [2.75, 3.05) is 0 Å². The van der Waals surface area contributed by atoms with Crippen LogP contribution in [0.2, 0.25) is 0 Å². The third-order valence-electron chi connectivity index (χ3n) is 4.81. The minimum Gasteiger partial charge on any atom is -0.349 e. The van der Waals surface area contributed by atoms with Gasteiger partial charge in [0.15, 0.2) is 0 Å². The number of hydrogen-bond donors (Lipinski definition) is 1. The number of hydrogen-bond acceptors (Lipinski definition) is 5. The van der Waals surface area contributed by atoms with Crippen LogP contribution >= 0.6 is 11.3 Å². The molecule has 1 N–H and O–H groups in total. The highest BCUT2D eigenvalue weighted by Gasteiger charge is 2.22. The van der Waals surface area contributed by atoms with Crippen LogP contribution in [0.15, 0.2) is 51.7 Å². The monoisotopic (exact) mass is 383 g/mol. The Kier molecular flexibility index (Phi) is 6.76. The summed E-state index contributed by atoms with van der Waals surface area (Å²) in [6.45, 7) is 4.33. The molecule has 1 amide bonds. The van der Waals surface area contributed by atoms with Gasteiger partial charge in [-0.25, -0.2) is 0 Å². The summed E-state index contributed by atoms with van der Waals surface area (Å²) in [5.41, 5.74) is 2.09. The van der Waals surface area contributed by atoms with E-state index in [0.29, 0.717) is 30.5 Å². The van der Waals surface area contributed by atoms with E-state index in [-0.39, 0.29) is 11.9 Å². The number of carbonyl (C=O) groups is 1. The fourth-order valence-corrected chi connectivity index (χ4v) is 3.86. The Hall–Kier alpha value is -2.47. The summed E-state index contributed by atoms with van der Waals surface area (Å²) in [6, 6.07) is 12.2. The van der Waals surface area contributed by atoms with Crippen molar-refractivity contribution in [1.29, 1.82) is 0 Å². The minimum atomic E-state index is 0.00559. The van der Waals surface area contributed by atoms with Crippen LogP contribution in [0.5, 0.6) is 0 Å². The van der Waals surface area contributed by atoms with Gasteiger partial charge in [-0.15, -0.1) is 0 Å². The molecule has 2 heterocycles. The van der Waals surface area contributed by atoms with E-state index in [0.717, 1.165) is 24.0 Å². The van der Waals surface area contributed by atoms with Gasteiger partial charge >= 0.3 is 0 Å². The van der Waals surface area contributed by atoms with Crippen molar-refractivity contribution < 1.29 is 9.32 Å². The average Bonchev–Trinajstić information content (AvgIpc) is 3.39. The maximum Gasteiger partial charge on any atom is 0.227 e. The Bertz CT molecular complexity index is 826. The van der Waals surface area contributed by atoms with Crippen molar-refractivity contribution in [3.63, 3.8) is 0 Å². The van der Waals surface area contributed by atoms with Crippen LogP contribution in [0.4, 0.5) is 0 Å². The number of nitrogens with zero attached hydrogens (tertiary/aromatic N) is 2. The number of aromatic nitrogens is 2. The van der Waals surface area contributed by atoms with Crippen molar-refractivity contribution in [1.82, 2.24) is 15.5 Å². The summed E-state index contributed by atoms with van der Waals surface area (Å²) in [5.74, 6) is 1.48. The molecule has 0 aliphatic heterocycles. The largest absolute Gasteiger partial charge is 0.349 e. The lowest BCUT2D eigenvalue weighted by Gasteiger charge is -2.27. The van der Waals surface area contributed by atoms with Gasteiger partial charge in [0.2, 0.25) is 17.6 Å². The number of carbonyl (C=O) groups excluding carboxylic acids is 1. The smallest absolute Gasteiger partial charge is 0.227 e. The second kappa shape index (κ2) is 9.46. The average molecular weight is 384 g/mol. The molecule has 1 unspecified atom stereocenters. The maximum absolute atomic E-state index is 12.6. The lowest BCUT2D eigenvalue weighted by Crippen LogP contribution is -2.33. The molecule has 142 valence electrons. The first kappa shape index (κ1) is 19.3. The third-order valence-corrected chi connectivity index (χ3v) is 5.49. The molecule has 27 heavy (non-hydrogen) atoms. The molecule has 3 aromatic rings. The van der Waals surface area contributed by atoms with Gasteiger partial charge in [-0.3, -0.25) is 4.79 Å². The van der Waals surface area contributed by atoms with Crippen LogP contribution in [0.1, 0.15) is 50.6 Å². The number of rotatable bonds is 9. The fraction of sp³-hybridized carbons (Fsp3) is 0.381. The van der Waals surface area contributed by atoms with E-state index in [1.54, 1.807) is 11.3 Å². The van der Waals surface area contributed by atoms with Gasteiger partial charge in [0.05, 0.1) is 6.04 Å². The number of aryl methyl sites for hydroxylation is 1. The number of amides is 1. The molecule has 3 rings (SSSR count). The zero-order valence-electron chi connectivity index (χ0n) is 15.7. The van der Waals surface area contributed by atoms with Crippen molar-refractivity contribution in [3.8, 4) is 11.4 Å². The first-order valence-electron chi connectivity index (χ1n) is 9.40. The predicted molar refractivity (Wildman–Crippen MR) is 107 cm³/mol. The maximum atomic E-state index is 12.6. The zero-order valence-corrected chi connectivity index (χ0v) is 16.5. The normalized spacial score (nSPS) is 12.3. The molecule has 0 bridgehead atoms. The van der Waals surface area contributed by atoms with Gasteiger partial charge in [0.25, 0.3) is 0 Å². The molecule has 0 saturated heterocycles. The van der Waals surface area contributed by atoms with Gasteiger partial charge in [-0.1, -0.05) is 62.2 Å². The lowest BCUT2D eigenvalue weighted by molar-refractivity contribution is -0.122. The van der Waals surface area contributed by atoms with Crippen LogP contribution in [-0.4, -0.2) is 16.0 Å². The highest BCUT2D eigenvalue weighted by atomic mass is 32.1. The van der Waals surface area contributed by atoms with Gasteiger partial charge < -0.3 is 9.84 Å². The molecule has 1 aromatic carbocycles. The lowest BCUT2D eigenvalue weighted by atomic mass is 9.88. The van der Waals surface area contributed by atoms with E-state index in [4.69, 9.17) is 4.52 Å². The van der Waals surface area contributed by atoms with Crippen LogP contribution in [0, 0.1) is 5.92 Å². The van der Waals surface area contributed by atoms with Crippen LogP contribution < -0.4 is 5.32 Å². The summed E-state index contributed by atoms with van der Waals surface area (Å²) in [4.78, 5) is 17.0. The van der Waals surface area contributed by atoms with Crippen molar-refractivity contribution >= 4 is 17.2 Å². The van der Waals surface area contributed by atoms with Gasteiger partial charge in [-0.05, 0) is 22.9 Å². The highest BCUT2D eigenvalue weighted by molar-refractivity contribution is 7.08. The molecule has 6 heteroatoms. The van der Waals surface area contributed by atoms with Gasteiger partial charge in [0.1, 0.15) is 0 Å². The van der Waals surface area contributed by atoms with Crippen LogP contribution in [0.3, 0.4) is 0 Å². The first-order valence-corrected chi connectivity index (χ1v) is 10.3. The Morgan fingerprint density at radius 2 is 1.96 bits per heavy atom. The second-order valence-electron chi connectivity index (χ2n) is 6.56. The molecule has 0 saturated carbocycles. The Morgan fingerprint density at radius 1 is 1.19 bits per heavy atom. The van der Waals surface area contributed by atoms with Crippen molar-refractivity contribution in [3.05, 3.63) is 58.6 Å². The predicted octanol–water partition coefficient (Wildman–Crippen LogP) is 5.02. The van der Waals surface area contributed by atoms with E-state index in [1.807, 2.05) is 35.0 Å². The number of benzene rings is 1. The SMILES string of the molecule is CCC(CC)C(NC(=O)CCc1nc(-c2ccsc2)no1)c1ccccc1. The molecule has 1 atom stereocenters. The molecule has 0 fully saturated rings. The summed E-state index contributed by atoms with van der Waals surface area (Å²) >= 11 is 1.59. The summed E-state index contributed by atoms with van der Waals surface area (Å²) in [6.07, 6.45) is 2.80. The standard InChI is InChI=1S/C21H25N3O2S/c1-3-15(4-2)20(16-8-6-5-7-9-16)22-18(25)10-11-19-23-21(24-26-19)17-12-13-27-14-17/h5-9,12-15,20H,3-4,10-11H2,1-2H3,(H,22,25). The molecular formula is C21H25N3O2S. The van der Waals surface area contributed by atoms with Gasteiger partial charge in [-0.2, -0.15) is 16.3 Å². The van der Waals surface area contributed by atoms with Crippen molar-refractivity contribution in [2.24, 2.45) is 5.92 Å². The minimum absolute atomic E-state index is 0.00559. The first-order chi connectivity index (χ1) is 13.2. The Morgan fingerprint density at radius 3 is 2.63 bits per heavy atom. The van der Waals surface area contributed by atoms with E-state index < -0.39 is 0 Å². The fourth-order valence-electron chi connectivity index (χ4n) is 3.23. The van der Waals surface area contributed by atoms with Crippen LogP contribution in [0.25, 0.3) is 11.4 Å². The van der Waals surface area contributed by atoms with E-state index in [1.165, 1.54) is 0 Å². The summed E-state index contributed by atoms with van der Waals surface area (Å²) < 4.78 is 5.28. The van der Waals surface area contributed by atoms with E-state index in [9.17, 15) is 4.79 Å². The molecule has 0 radical (unpaired) electrons. The summed E-state index contributed by atoms with van der Waals surface area (Å²) in [5, 5.41) is 11.1. The molecule has 0 aliphatic carbocycles. The third kappa shape index (κ3) is 5.04. The number of nitrogens with one attached hydrogen (secondary N) is 1. The Labute approximate surface area is 163 Å². The molecule has 5 nitrogen and oxygen atoms in total. The second-order valence-corrected chi connectivity index (χ2v) is 7.34. The highest BCUT2D eigenvalue weighted by Crippen LogP contribution is 2.27. The van der Waals surface area contributed by atoms with Gasteiger partial charge in [0, 0.05) is 23.8 Å². The number of thiophene rings is 1. The van der Waals surface area contributed by atoms with E-state index in [2.05, 4.69) is 41.4 Å². The van der Waals surface area contributed by atoms with Crippen molar-refractivity contribution in [2.45, 2.75) is 45.6 Å². The quantitative estimate of drug-likeness (QED) is 0.563. The molecular weight excluding hydrogens is 358 g/mol. The summed E-state index contributed by atoms with van der Waals surface area (Å²) in [7, 11) is 0. The van der Waals surface area contributed by atoms with Crippen LogP contribution in [-0.2, 0) is 11.2 Å². The Balaban J connectivity index is 1.61. The zero-order chi connectivity index (χ0) is 19.1. The molecule has 0 aliphatic rings. The molecule has 2 aromatic heterocycles. The molecule has 0 spiro atoms. The van der Waals surface area contributed by atoms with E-state index >= 15 is 0 Å².